The summed E-state index contributed by atoms with van der Waals surface area (Å²) in [7, 11) is 0. The Bertz CT molecular complexity index is 1120. The van der Waals surface area contributed by atoms with Crippen LogP contribution in [0, 0.1) is 36.3 Å². The number of nitrogens with zero attached hydrogens (tertiary/aromatic N) is 4. The molecule has 0 aliphatic rings. The minimum atomic E-state index is -0.515. The maximum absolute atomic E-state index is 11.5. The van der Waals surface area contributed by atoms with Gasteiger partial charge in [-0.1, -0.05) is 41.4 Å². The van der Waals surface area contributed by atoms with Gasteiger partial charge in [0, 0.05) is 10.6 Å². The second-order valence-electron chi connectivity index (χ2n) is 6.95. The van der Waals surface area contributed by atoms with Crippen molar-refractivity contribution in [2.24, 2.45) is 0 Å². The monoisotopic (exact) mass is 452 g/mol. The van der Waals surface area contributed by atoms with E-state index in [0.29, 0.717) is 29.1 Å². The second kappa shape index (κ2) is 10.7. The van der Waals surface area contributed by atoms with Crippen LogP contribution in [0.3, 0.4) is 0 Å². The maximum Gasteiger partial charge on any atom is 0.220 e. The lowest BCUT2D eigenvalue weighted by molar-refractivity contribution is -0.479. The fourth-order valence-corrected chi connectivity index (χ4v) is 4.28. The van der Waals surface area contributed by atoms with E-state index in [9.17, 15) is 10.1 Å². The molecule has 1 atom stereocenters. The summed E-state index contributed by atoms with van der Waals surface area (Å²) < 4.78 is 13.1. The average Bonchev–Trinajstić information content (AvgIpc) is 3.13. The highest BCUT2D eigenvalue weighted by Crippen LogP contribution is 2.39. The Labute approximate surface area is 191 Å². The standard InChI is InChI=1S/C23H24N4O4S/c1-5-13-31-20-12-9-18(14-21(20)30-6-2)22(15-26(28)29)32-23-25-24-17(4)27(23)19-10-7-16(3)8-11-19/h1,7-12,14,22H,6,13,15H2,2-4H3/t22-/m1/s1. The Kier molecular flexibility index (Phi) is 7.73. The number of aromatic nitrogens is 3. The van der Waals surface area contributed by atoms with Gasteiger partial charge in [-0.05, 0) is 50.6 Å². The van der Waals surface area contributed by atoms with Crippen molar-refractivity contribution in [1.29, 1.82) is 0 Å². The molecular weight excluding hydrogens is 428 g/mol. The molecule has 2 aromatic carbocycles. The molecule has 0 radical (unpaired) electrons. The Balaban J connectivity index is 1.97. The Hall–Kier alpha value is -3.51. The SMILES string of the molecule is C#CCOc1ccc([C@@H](C[N+](=O)[O-])Sc2nnc(C)n2-c2ccc(C)cc2)cc1OCC. The molecular formula is C23H24N4O4S. The van der Waals surface area contributed by atoms with E-state index >= 15 is 0 Å². The van der Waals surface area contributed by atoms with Gasteiger partial charge in [0.25, 0.3) is 0 Å². The molecule has 0 N–H and O–H groups in total. The second-order valence-corrected chi connectivity index (χ2v) is 8.12. The molecule has 3 aromatic rings. The number of nitro groups is 1. The third kappa shape index (κ3) is 5.59. The average molecular weight is 453 g/mol. The molecule has 0 fully saturated rings. The van der Waals surface area contributed by atoms with Crippen LogP contribution < -0.4 is 9.47 Å². The Morgan fingerprint density at radius 1 is 1.16 bits per heavy atom. The van der Waals surface area contributed by atoms with Crippen molar-refractivity contribution in [3.63, 3.8) is 0 Å². The molecule has 0 spiro atoms. The molecule has 0 saturated heterocycles. The van der Waals surface area contributed by atoms with Gasteiger partial charge in [-0.15, -0.1) is 16.6 Å². The van der Waals surface area contributed by atoms with Gasteiger partial charge in [-0.3, -0.25) is 14.7 Å². The van der Waals surface area contributed by atoms with Crippen molar-refractivity contribution in [2.75, 3.05) is 19.8 Å². The Morgan fingerprint density at radius 3 is 2.56 bits per heavy atom. The predicted molar refractivity (Wildman–Crippen MR) is 123 cm³/mol. The summed E-state index contributed by atoms with van der Waals surface area (Å²) in [4.78, 5) is 11.1. The molecule has 0 amide bonds. The van der Waals surface area contributed by atoms with E-state index in [-0.39, 0.29) is 18.1 Å². The fraction of sp³-hybridized carbons (Fsp3) is 0.304. The van der Waals surface area contributed by atoms with Crippen molar-refractivity contribution >= 4 is 11.8 Å². The van der Waals surface area contributed by atoms with E-state index in [4.69, 9.17) is 15.9 Å². The number of hydrogen-bond acceptors (Lipinski definition) is 7. The van der Waals surface area contributed by atoms with Gasteiger partial charge in [-0.2, -0.15) is 0 Å². The van der Waals surface area contributed by atoms with Crippen molar-refractivity contribution in [1.82, 2.24) is 14.8 Å². The van der Waals surface area contributed by atoms with Crippen LogP contribution in [-0.2, 0) is 0 Å². The van der Waals surface area contributed by atoms with Crippen molar-refractivity contribution in [3.05, 3.63) is 69.5 Å². The van der Waals surface area contributed by atoms with E-state index < -0.39 is 5.25 Å². The van der Waals surface area contributed by atoms with E-state index in [1.54, 1.807) is 18.2 Å². The first kappa shape index (κ1) is 23.2. The first-order valence-corrected chi connectivity index (χ1v) is 10.9. The molecule has 0 unspecified atom stereocenters. The normalized spacial score (nSPS) is 11.6. The van der Waals surface area contributed by atoms with Crippen molar-refractivity contribution in [2.45, 2.75) is 31.2 Å². The van der Waals surface area contributed by atoms with Gasteiger partial charge in [0.05, 0.1) is 6.61 Å². The van der Waals surface area contributed by atoms with Gasteiger partial charge in [0.2, 0.25) is 6.54 Å². The van der Waals surface area contributed by atoms with Crippen LogP contribution in [0.25, 0.3) is 5.69 Å². The number of aryl methyl sites for hydroxylation is 2. The van der Waals surface area contributed by atoms with Gasteiger partial charge >= 0.3 is 0 Å². The lowest BCUT2D eigenvalue weighted by Gasteiger charge is -2.17. The van der Waals surface area contributed by atoms with Gasteiger partial charge in [-0.25, -0.2) is 0 Å². The summed E-state index contributed by atoms with van der Waals surface area (Å²) in [6, 6.07) is 13.2. The summed E-state index contributed by atoms with van der Waals surface area (Å²) in [5, 5.41) is 20.0. The summed E-state index contributed by atoms with van der Waals surface area (Å²) >= 11 is 1.29. The highest BCUT2D eigenvalue weighted by molar-refractivity contribution is 7.99. The molecule has 8 nitrogen and oxygen atoms in total. The predicted octanol–water partition coefficient (Wildman–Crippen LogP) is 4.40. The quantitative estimate of drug-likeness (QED) is 0.195. The van der Waals surface area contributed by atoms with E-state index in [2.05, 4.69) is 16.1 Å². The van der Waals surface area contributed by atoms with E-state index in [0.717, 1.165) is 16.8 Å². The number of thioether (sulfide) groups is 1. The molecule has 1 heterocycles. The lowest BCUT2D eigenvalue weighted by atomic mass is 10.1. The third-order valence-electron chi connectivity index (χ3n) is 4.60. The molecule has 0 aliphatic heterocycles. The van der Waals surface area contributed by atoms with Crippen molar-refractivity contribution in [3.8, 4) is 29.5 Å². The number of rotatable bonds is 10. The maximum atomic E-state index is 11.5. The lowest BCUT2D eigenvalue weighted by Crippen LogP contribution is -2.11. The molecule has 0 bridgehead atoms. The van der Waals surface area contributed by atoms with Crippen LogP contribution in [0.4, 0.5) is 0 Å². The van der Waals surface area contributed by atoms with Gasteiger partial charge < -0.3 is 9.47 Å². The van der Waals surface area contributed by atoms with Crippen LogP contribution in [-0.4, -0.2) is 39.4 Å². The molecule has 0 aliphatic carbocycles. The minimum absolute atomic E-state index is 0.103. The zero-order chi connectivity index (χ0) is 23.1. The number of hydrogen-bond donors (Lipinski definition) is 0. The first-order chi connectivity index (χ1) is 15.4. The van der Waals surface area contributed by atoms with Gasteiger partial charge in [0.1, 0.15) is 17.7 Å². The van der Waals surface area contributed by atoms with Crippen LogP contribution in [0.2, 0.25) is 0 Å². The topological polar surface area (TPSA) is 92.3 Å². The van der Waals surface area contributed by atoms with Crippen LogP contribution in [0.15, 0.2) is 47.6 Å². The van der Waals surface area contributed by atoms with Gasteiger partial charge in [0.15, 0.2) is 16.7 Å². The van der Waals surface area contributed by atoms with Crippen molar-refractivity contribution < 1.29 is 14.4 Å². The van der Waals surface area contributed by atoms with Crippen LogP contribution >= 0.6 is 11.8 Å². The molecule has 0 saturated carbocycles. The molecule has 1 aromatic heterocycles. The molecule has 32 heavy (non-hydrogen) atoms. The Morgan fingerprint density at radius 2 is 1.91 bits per heavy atom. The zero-order valence-corrected chi connectivity index (χ0v) is 19.0. The summed E-state index contributed by atoms with van der Waals surface area (Å²) in [6.45, 7) is 5.95. The molecule has 166 valence electrons. The number of benzene rings is 2. The zero-order valence-electron chi connectivity index (χ0n) is 18.1. The van der Waals surface area contributed by atoms with Crippen LogP contribution in [0.5, 0.6) is 11.5 Å². The summed E-state index contributed by atoms with van der Waals surface area (Å²) in [6.07, 6.45) is 5.28. The minimum Gasteiger partial charge on any atom is -0.490 e. The summed E-state index contributed by atoms with van der Waals surface area (Å²) in [5.41, 5.74) is 2.75. The van der Waals surface area contributed by atoms with E-state index in [1.807, 2.05) is 49.6 Å². The largest absolute Gasteiger partial charge is 0.490 e. The highest BCUT2D eigenvalue weighted by atomic mass is 32.2. The highest BCUT2D eigenvalue weighted by Gasteiger charge is 2.25. The third-order valence-corrected chi connectivity index (χ3v) is 5.78. The molecule has 9 heteroatoms. The number of terminal acetylenes is 1. The first-order valence-electron chi connectivity index (χ1n) is 10.0. The fourth-order valence-electron chi connectivity index (χ4n) is 3.12. The van der Waals surface area contributed by atoms with Crippen LogP contribution in [0.1, 0.15) is 29.1 Å². The molecule has 3 rings (SSSR count). The number of ether oxygens (including phenoxy) is 2. The summed E-state index contributed by atoms with van der Waals surface area (Å²) in [5.74, 6) is 4.11. The van der Waals surface area contributed by atoms with E-state index in [1.165, 1.54) is 11.8 Å². The smallest absolute Gasteiger partial charge is 0.220 e.